The van der Waals surface area contributed by atoms with Crippen LogP contribution in [0.15, 0.2) is 23.9 Å². The van der Waals surface area contributed by atoms with Gasteiger partial charge in [-0.15, -0.1) is 11.3 Å². The number of fused-ring (bicyclic) bond motifs is 1. The molecule has 1 unspecified atom stereocenters. The van der Waals surface area contributed by atoms with Gasteiger partial charge >= 0.3 is 5.97 Å². The third-order valence-electron chi connectivity index (χ3n) is 4.42. The molecule has 0 amide bonds. The van der Waals surface area contributed by atoms with Crippen molar-refractivity contribution in [1.29, 1.82) is 0 Å². The Morgan fingerprint density at radius 1 is 1.48 bits per heavy atom. The number of carbonyl (C=O) groups excluding carboxylic acids is 1. The average Bonchev–Trinajstić information content (AvgIpc) is 3.05. The van der Waals surface area contributed by atoms with Gasteiger partial charge in [0.15, 0.2) is 5.01 Å². The zero-order chi connectivity index (χ0) is 18.0. The molecule has 1 atom stereocenters. The number of hydrogen-bond donors (Lipinski definition) is 1. The summed E-state index contributed by atoms with van der Waals surface area (Å²) in [5, 5.41) is 10.5. The van der Waals surface area contributed by atoms with Crippen molar-refractivity contribution >= 4 is 33.5 Å². The summed E-state index contributed by atoms with van der Waals surface area (Å²) in [7, 11) is 0. The van der Waals surface area contributed by atoms with Crippen LogP contribution < -0.4 is 0 Å². The Kier molecular flexibility index (Phi) is 4.90. The minimum Gasteiger partial charge on any atom is -0.477 e. The Labute approximate surface area is 149 Å². The van der Waals surface area contributed by atoms with Gasteiger partial charge in [0.1, 0.15) is 11.6 Å². The lowest BCUT2D eigenvalue weighted by molar-refractivity contribution is -0.197. The van der Waals surface area contributed by atoms with Crippen LogP contribution in [0.25, 0.3) is 10.2 Å². The van der Waals surface area contributed by atoms with E-state index in [0.717, 1.165) is 28.6 Å². The van der Waals surface area contributed by atoms with E-state index in [0.29, 0.717) is 23.7 Å². The van der Waals surface area contributed by atoms with Crippen LogP contribution in [-0.2, 0) is 20.1 Å². The molecule has 1 N–H and O–H groups in total. The molecular weight excluding hydrogens is 340 g/mol. The first kappa shape index (κ1) is 17.6. The highest BCUT2D eigenvalue weighted by Crippen LogP contribution is 2.40. The highest BCUT2D eigenvalue weighted by molar-refractivity contribution is 7.18. The molecule has 0 aliphatic carbocycles. The number of para-hydroxylation sites is 1. The summed E-state index contributed by atoms with van der Waals surface area (Å²) in [6.07, 6.45) is 2.12. The number of rotatable bonds is 5. The number of carboxylic acid groups (broad SMARTS) is 1. The predicted octanol–water partition coefficient (Wildman–Crippen LogP) is 3.08. The minimum absolute atomic E-state index is 0.184. The monoisotopic (exact) mass is 360 g/mol. The first-order valence-corrected chi connectivity index (χ1v) is 9.11. The third kappa shape index (κ3) is 2.84. The van der Waals surface area contributed by atoms with Crippen LogP contribution in [0.3, 0.4) is 0 Å². The number of ether oxygens (including phenoxy) is 1. The largest absolute Gasteiger partial charge is 0.477 e. The molecule has 0 spiro atoms. The molecule has 1 saturated heterocycles. The van der Waals surface area contributed by atoms with Crippen molar-refractivity contribution in [3.8, 4) is 0 Å². The van der Waals surface area contributed by atoms with Crippen molar-refractivity contribution in [1.82, 2.24) is 9.88 Å². The Hall–Kier alpha value is -2.21. The summed E-state index contributed by atoms with van der Waals surface area (Å²) in [5.41, 5.74) is 0.276. The molecule has 1 aliphatic heterocycles. The average molecular weight is 360 g/mol. The summed E-state index contributed by atoms with van der Waals surface area (Å²) in [6.45, 7) is 4.28. The molecule has 2 heterocycles. The molecule has 7 heteroatoms. The van der Waals surface area contributed by atoms with Crippen molar-refractivity contribution in [2.24, 2.45) is 0 Å². The van der Waals surface area contributed by atoms with E-state index in [9.17, 15) is 14.7 Å². The van der Waals surface area contributed by atoms with E-state index in [2.05, 4.69) is 4.98 Å². The summed E-state index contributed by atoms with van der Waals surface area (Å²) >= 11 is 1.29. The Morgan fingerprint density at radius 3 is 2.92 bits per heavy atom. The van der Waals surface area contributed by atoms with Crippen LogP contribution >= 0.6 is 11.3 Å². The second kappa shape index (κ2) is 6.96. The molecule has 1 aliphatic rings. The normalized spacial score (nSPS) is 17.4. The molecule has 0 radical (unpaired) electrons. The third-order valence-corrected chi connectivity index (χ3v) is 5.53. The van der Waals surface area contributed by atoms with E-state index >= 15 is 0 Å². The minimum atomic E-state index is -1.79. The second-order valence-electron chi connectivity index (χ2n) is 5.98. The summed E-state index contributed by atoms with van der Waals surface area (Å²) < 4.78 is 6.69. The smallest absolute Gasteiger partial charge is 0.365 e. The molecular formula is C18H20N2O4S. The van der Waals surface area contributed by atoms with Crippen molar-refractivity contribution in [2.75, 3.05) is 13.2 Å². The summed E-state index contributed by atoms with van der Waals surface area (Å²) in [6, 6.07) is 5.77. The fourth-order valence-corrected chi connectivity index (χ4v) is 4.44. The molecule has 0 saturated carbocycles. The number of carbonyl (C=O) groups is 1. The first-order chi connectivity index (χ1) is 12.0. The predicted molar refractivity (Wildman–Crippen MR) is 95.1 cm³/mol. The first-order valence-electron chi connectivity index (χ1n) is 8.30. The van der Waals surface area contributed by atoms with Gasteiger partial charge in [-0.1, -0.05) is 12.1 Å². The fourth-order valence-electron chi connectivity index (χ4n) is 3.25. The van der Waals surface area contributed by atoms with Gasteiger partial charge in [0, 0.05) is 13.2 Å². The number of piperidine rings is 1. The van der Waals surface area contributed by atoms with Gasteiger partial charge in [0.2, 0.25) is 0 Å². The maximum Gasteiger partial charge on any atom is 0.365 e. The zero-order valence-electron chi connectivity index (χ0n) is 14.2. The number of aliphatic carboxylic acids is 1. The van der Waals surface area contributed by atoms with Crippen LogP contribution in [0.4, 0.5) is 0 Å². The van der Waals surface area contributed by atoms with E-state index in [1.807, 2.05) is 31.1 Å². The number of aromatic nitrogens is 1. The van der Waals surface area contributed by atoms with E-state index in [1.54, 1.807) is 6.92 Å². The van der Waals surface area contributed by atoms with Gasteiger partial charge in [-0.3, -0.25) is 0 Å². The molecule has 1 fully saturated rings. The number of carboxylic acids is 1. The van der Waals surface area contributed by atoms with E-state index in [-0.39, 0.29) is 6.61 Å². The number of benzene rings is 1. The van der Waals surface area contributed by atoms with Gasteiger partial charge in [0.05, 0.1) is 10.2 Å². The van der Waals surface area contributed by atoms with Gasteiger partial charge in [-0.2, -0.15) is 0 Å². The maximum atomic E-state index is 12.4. The Morgan fingerprint density at radius 2 is 2.28 bits per heavy atom. The molecule has 25 heavy (non-hydrogen) atoms. The SMILES string of the molecule is CCOC(C(=O)O)(c1nc2c(C)cccc2s1)N1CCCCC1=C=O. The van der Waals surface area contributed by atoms with Crippen LogP contribution in [0.2, 0.25) is 0 Å². The van der Waals surface area contributed by atoms with E-state index in [1.165, 1.54) is 16.2 Å². The number of aryl methyl sites for hydroxylation is 1. The van der Waals surface area contributed by atoms with Crippen molar-refractivity contribution in [2.45, 2.75) is 38.8 Å². The Balaban J connectivity index is 2.24. The molecule has 3 rings (SSSR count). The number of thiazole rings is 1. The van der Waals surface area contributed by atoms with Gasteiger partial charge in [0.25, 0.3) is 5.72 Å². The van der Waals surface area contributed by atoms with Gasteiger partial charge in [-0.05, 0) is 44.7 Å². The summed E-state index contributed by atoms with van der Waals surface area (Å²) in [4.78, 5) is 29.9. The van der Waals surface area contributed by atoms with Crippen molar-refractivity contribution in [3.63, 3.8) is 0 Å². The Bertz CT molecular complexity index is 856. The lowest BCUT2D eigenvalue weighted by Gasteiger charge is -2.42. The van der Waals surface area contributed by atoms with Gasteiger partial charge in [-0.25, -0.2) is 14.6 Å². The molecule has 1 aromatic heterocycles. The lowest BCUT2D eigenvalue weighted by atomic mass is 10.0. The fraction of sp³-hybridized carbons (Fsp3) is 0.444. The number of allylic oxidation sites excluding steroid dienone is 1. The van der Waals surface area contributed by atoms with Crippen LogP contribution in [0, 0.1) is 6.92 Å². The van der Waals surface area contributed by atoms with E-state index < -0.39 is 11.7 Å². The molecule has 132 valence electrons. The second-order valence-corrected chi connectivity index (χ2v) is 7.01. The lowest BCUT2D eigenvalue weighted by Crippen LogP contribution is -2.55. The van der Waals surface area contributed by atoms with E-state index in [4.69, 9.17) is 4.74 Å². The van der Waals surface area contributed by atoms with Crippen LogP contribution in [0.5, 0.6) is 0 Å². The van der Waals surface area contributed by atoms with Crippen LogP contribution in [0.1, 0.15) is 36.8 Å². The van der Waals surface area contributed by atoms with Gasteiger partial charge < -0.3 is 14.7 Å². The van der Waals surface area contributed by atoms with Crippen LogP contribution in [-0.4, -0.2) is 40.1 Å². The standard InChI is InChI=1S/C18H20N2O4S/c1-3-24-18(17(22)23,20-10-5-4-8-13(20)11-21)16-19-15-12(2)7-6-9-14(15)25-16/h6-7,9H,3-5,8,10H2,1-2H3,(H,22,23). The quantitative estimate of drug-likeness (QED) is 0.826. The zero-order valence-corrected chi connectivity index (χ0v) is 15.1. The van der Waals surface area contributed by atoms with Crippen molar-refractivity contribution in [3.05, 3.63) is 34.5 Å². The highest BCUT2D eigenvalue weighted by Gasteiger charge is 2.52. The maximum absolute atomic E-state index is 12.4. The number of likely N-dealkylation sites (tertiary alicyclic amines) is 1. The molecule has 2 aromatic rings. The topological polar surface area (TPSA) is 79.7 Å². The van der Waals surface area contributed by atoms with Crippen molar-refractivity contribution < 1.29 is 19.4 Å². The highest BCUT2D eigenvalue weighted by atomic mass is 32.1. The molecule has 6 nitrogen and oxygen atoms in total. The number of nitrogens with zero attached hydrogens (tertiary/aromatic N) is 2. The molecule has 1 aromatic carbocycles. The number of hydrogen-bond acceptors (Lipinski definition) is 6. The summed E-state index contributed by atoms with van der Waals surface area (Å²) in [5.74, 6) is 0.748. The molecule has 0 bridgehead atoms.